The highest BCUT2D eigenvalue weighted by molar-refractivity contribution is 6.30. The van der Waals surface area contributed by atoms with Crippen LogP contribution in [0.1, 0.15) is 31.2 Å². The van der Waals surface area contributed by atoms with Crippen LogP contribution in [0.4, 0.5) is 0 Å². The minimum absolute atomic E-state index is 0.816. The van der Waals surface area contributed by atoms with Gasteiger partial charge in [0.25, 0.3) is 0 Å². The molecule has 2 nitrogen and oxygen atoms in total. The van der Waals surface area contributed by atoms with Crippen LogP contribution >= 0.6 is 11.6 Å². The van der Waals surface area contributed by atoms with Crippen LogP contribution in [-0.4, -0.2) is 48.6 Å². The number of hydrogen-bond donors (Lipinski definition) is 0. The zero-order valence-corrected chi connectivity index (χ0v) is 13.0. The van der Waals surface area contributed by atoms with Crippen molar-refractivity contribution < 1.29 is 0 Å². The van der Waals surface area contributed by atoms with Crippen molar-refractivity contribution in [1.29, 1.82) is 0 Å². The molecule has 2 aliphatic rings. The highest BCUT2D eigenvalue weighted by Gasteiger charge is 2.26. The third-order valence-electron chi connectivity index (χ3n) is 4.77. The molecule has 2 fully saturated rings. The summed E-state index contributed by atoms with van der Waals surface area (Å²) >= 11 is 5.94. The zero-order valence-electron chi connectivity index (χ0n) is 12.2. The molecular formula is C17H25ClN2. The maximum atomic E-state index is 5.94. The Kier molecular flexibility index (Phi) is 4.98. The topological polar surface area (TPSA) is 6.48 Å². The van der Waals surface area contributed by atoms with E-state index in [4.69, 9.17) is 11.6 Å². The molecule has 1 atom stereocenters. The fraction of sp³-hybridized carbons (Fsp3) is 0.647. The molecule has 0 aromatic heterocycles. The fourth-order valence-electron chi connectivity index (χ4n) is 3.59. The van der Waals surface area contributed by atoms with Gasteiger partial charge < -0.3 is 4.90 Å². The van der Waals surface area contributed by atoms with Crippen molar-refractivity contribution in [3.05, 3.63) is 34.9 Å². The number of hydrogen-bond acceptors (Lipinski definition) is 2. The minimum Gasteiger partial charge on any atom is -0.301 e. The van der Waals surface area contributed by atoms with Gasteiger partial charge in [0.05, 0.1) is 0 Å². The molecule has 0 N–H and O–H groups in total. The standard InChI is InChI=1S/C17H25ClN2/c18-16-7-5-15(6-8-16)9-13-19-10-3-12-20-11-2-1-4-17(20)14-19/h5-8,17H,1-4,9-14H2. The van der Waals surface area contributed by atoms with Crippen molar-refractivity contribution in [2.24, 2.45) is 0 Å². The van der Waals surface area contributed by atoms with Crippen molar-refractivity contribution in [2.45, 2.75) is 38.1 Å². The van der Waals surface area contributed by atoms with Crippen LogP contribution in [0.5, 0.6) is 0 Å². The van der Waals surface area contributed by atoms with Gasteiger partial charge in [-0.3, -0.25) is 4.90 Å². The van der Waals surface area contributed by atoms with E-state index in [0.29, 0.717) is 0 Å². The summed E-state index contributed by atoms with van der Waals surface area (Å²) in [5.41, 5.74) is 1.40. The van der Waals surface area contributed by atoms with Gasteiger partial charge in [-0.25, -0.2) is 0 Å². The molecule has 1 aromatic carbocycles. The molecule has 2 aliphatic heterocycles. The number of rotatable bonds is 3. The van der Waals surface area contributed by atoms with Gasteiger partial charge in [-0.1, -0.05) is 30.2 Å². The molecule has 0 aliphatic carbocycles. The SMILES string of the molecule is Clc1ccc(CCN2CCCN3CCCCC3C2)cc1. The van der Waals surface area contributed by atoms with E-state index in [0.717, 1.165) is 17.5 Å². The van der Waals surface area contributed by atoms with E-state index >= 15 is 0 Å². The van der Waals surface area contributed by atoms with Gasteiger partial charge in [0.2, 0.25) is 0 Å². The molecule has 3 heteroatoms. The van der Waals surface area contributed by atoms with Gasteiger partial charge in [-0.2, -0.15) is 0 Å². The summed E-state index contributed by atoms with van der Waals surface area (Å²) in [6, 6.07) is 9.14. The van der Waals surface area contributed by atoms with Crippen LogP contribution in [0.15, 0.2) is 24.3 Å². The molecule has 0 saturated carbocycles. The molecule has 0 spiro atoms. The van der Waals surface area contributed by atoms with Gasteiger partial charge >= 0.3 is 0 Å². The second-order valence-electron chi connectivity index (χ2n) is 6.22. The first kappa shape index (κ1) is 14.4. The Hall–Kier alpha value is -0.570. The number of halogens is 1. The van der Waals surface area contributed by atoms with Crippen LogP contribution in [0.3, 0.4) is 0 Å². The minimum atomic E-state index is 0.816. The van der Waals surface area contributed by atoms with E-state index in [1.165, 1.54) is 64.0 Å². The normalized spacial score (nSPS) is 25.1. The Labute approximate surface area is 127 Å². The monoisotopic (exact) mass is 292 g/mol. The van der Waals surface area contributed by atoms with Crippen molar-refractivity contribution in [3.63, 3.8) is 0 Å². The summed E-state index contributed by atoms with van der Waals surface area (Å²) in [6.45, 7) is 6.36. The number of nitrogens with zero attached hydrogens (tertiary/aromatic N) is 2. The quantitative estimate of drug-likeness (QED) is 0.842. The second kappa shape index (κ2) is 6.93. The molecule has 2 heterocycles. The van der Waals surface area contributed by atoms with Gasteiger partial charge in [-0.15, -0.1) is 0 Å². The van der Waals surface area contributed by atoms with Gasteiger partial charge in [0.1, 0.15) is 0 Å². The van der Waals surface area contributed by atoms with E-state index < -0.39 is 0 Å². The third-order valence-corrected chi connectivity index (χ3v) is 5.02. The van der Waals surface area contributed by atoms with Crippen molar-refractivity contribution >= 4 is 11.6 Å². The van der Waals surface area contributed by atoms with Gasteiger partial charge in [0.15, 0.2) is 0 Å². The van der Waals surface area contributed by atoms with E-state index in [1.807, 2.05) is 12.1 Å². The van der Waals surface area contributed by atoms with Crippen LogP contribution in [-0.2, 0) is 6.42 Å². The molecule has 20 heavy (non-hydrogen) atoms. The zero-order chi connectivity index (χ0) is 13.8. The first-order chi connectivity index (χ1) is 9.81. The van der Waals surface area contributed by atoms with Crippen molar-refractivity contribution in [1.82, 2.24) is 9.80 Å². The van der Waals surface area contributed by atoms with Crippen LogP contribution in [0, 0.1) is 0 Å². The predicted octanol–water partition coefficient (Wildman–Crippen LogP) is 3.44. The van der Waals surface area contributed by atoms with E-state index in [9.17, 15) is 0 Å². The lowest BCUT2D eigenvalue weighted by atomic mass is 10.0. The fourth-order valence-corrected chi connectivity index (χ4v) is 3.72. The number of fused-ring (bicyclic) bond motifs is 1. The average molecular weight is 293 g/mol. The Morgan fingerprint density at radius 1 is 1.00 bits per heavy atom. The lowest BCUT2D eigenvalue weighted by Crippen LogP contribution is -2.44. The smallest absolute Gasteiger partial charge is 0.0406 e. The Bertz CT molecular complexity index is 418. The maximum absolute atomic E-state index is 5.94. The first-order valence-corrected chi connectivity index (χ1v) is 8.40. The molecule has 2 saturated heterocycles. The molecule has 110 valence electrons. The molecule has 0 bridgehead atoms. The Morgan fingerprint density at radius 2 is 1.80 bits per heavy atom. The molecule has 1 unspecified atom stereocenters. The molecule has 1 aromatic rings. The average Bonchev–Trinajstić information content (AvgIpc) is 2.68. The third kappa shape index (κ3) is 3.75. The molecule has 3 rings (SSSR count). The molecule has 0 amide bonds. The maximum Gasteiger partial charge on any atom is 0.0406 e. The number of piperidine rings is 1. The van der Waals surface area contributed by atoms with Crippen molar-refractivity contribution in [2.75, 3.05) is 32.7 Å². The summed E-state index contributed by atoms with van der Waals surface area (Å²) in [4.78, 5) is 5.40. The van der Waals surface area contributed by atoms with Gasteiger partial charge in [-0.05, 0) is 63.0 Å². The molecular weight excluding hydrogens is 268 g/mol. The van der Waals surface area contributed by atoms with Crippen LogP contribution < -0.4 is 0 Å². The highest BCUT2D eigenvalue weighted by atomic mass is 35.5. The first-order valence-electron chi connectivity index (χ1n) is 8.02. The number of benzene rings is 1. The van der Waals surface area contributed by atoms with E-state index in [1.54, 1.807) is 0 Å². The van der Waals surface area contributed by atoms with Crippen LogP contribution in [0.2, 0.25) is 5.02 Å². The molecule has 0 radical (unpaired) electrons. The van der Waals surface area contributed by atoms with Gasteiger partial charge in [0, 0.05) is 24.2 Å². The van der Waals surface area contributed by atoms with E-state index in [2.05, 4.69) is 21.9 Å². The largest absolute Gasteiger partial charge is 0.301 e. The lowest BCUT2D eigenvalue weighted by molar-refractivity contribution is 0.137. The highest BCUT2D eigenvalue weighted by Crippen LogP contribution is 2.21. The lowest BCUT2D eigenvalue weighted by Gasteiger charge is -2.35. The Balaban J connectivity index is 1.53. The summed E-state index contributed by atoms with van der Waals surface area (Å²) < 4.78 is 0. The second-order valence-corrected chi connectivity index (χ2v) is 6.65. The summed E-state index contributed by atoms with van der Waals surface area (Å²) in [7, 11) is 0. The summed E-state index contributed by atoms with van der Waals surface area (Å²) in [5, 5.41) is 0.835. The van der Waals surface area contributed by atoms with Crippen LogP contribution in [0.25, 0.3) is 0 Å². The summed E-state index contributed by atoms with van der Waals surface area (Å²) in [5.74, 6) is 0. The predicted molar refractivity (Wildman–Crippen MR) is 85.4 cm³/mol. The Morgan fingerprint density at radius 3 is 2.65 bits per heavy atom. The van der Waals surface area contributed by atoms with E-state index in [-0.39, 0.29) is 0 Å². The summed E-state index contributed by atoms with van der Waals surface area (Å²) in [6.07, 6.45) is 6.70. The van der Waals surface area contributed by atoms with Crippen molar-refractivity contribution in [3.8, 4) is 0 Å².